The minimum atomic E-state index is -0.182. The highest BCUT2D eigenvalue weighted by Gasteiger charge is 2.20. The molecule has 1 saturated heterocycles. The zero-order valence-corrected chi connectivity index (χ0v) is 12.9. The molecule has 0 amide bonds. The van der Waals surface area contributed by atoms with Gasteiger partial charge in [-0.05, 0) is 56.0 Å². The molecular formula is C15H21BrFNO. The normalized spacial score (nSPS) is 20.7. The summed E-state index contributed by atoms with van der Waals surface area (Å²) in [7, 11) is 0. The smallest absolute Gasteiger partial charge is 0.123 e. The van der Waals surface area contributed by atoms with Crippen molar-refractivity contribution in [2.24, 2.45) is 0 Å². The van der Waals surface area contributed by atoms with E-state index in [1.54, 1.807) is 12.1 Å². The van der Waals surface area contributed by atoms with Crippen LogP contribution < -0.4 is 5.32 Å². The summed E-state index contributed by atoms with van der Waals surface area (Å²) >= 11 is 3.52. The maximum atomic E-state index is 13.4. The quantitative estimate of drug-likeness (QED) is 0.844. The molecule has 1 aliphatic rings. The fourth-order valence-corrected chi connectivity index (χ4v) is 3.14. The van der Waals surface area contributed by atoms with E-state index in [4.69, 9.17) is 4.74 Å². The maximum Gasteiger partial charge on any atom is 0.123 e. The lowest BCUT2D eigenvalue weighted by molar-refractivity contribution is 0.0996. The first-order chi connectivity index (χ1) is 9.20. The molecule has 0 bridgehead atoms. The van der Waals surface area contributed by atoms with Gasteiger partial charge >= 0.3 is 0 Å². The molecule has 106 valence electrons. The van der Waals surface area contributed by atoms with E-state index in [1.807, 2.05) is 0 Å². The van der Waals surface area contributed by atoms with E-state index in [0.717, 1.165) is 42.5 Å². The van der Waals surface area contributed by atoms with Gasteiger partial charge in [0.25, 0.3) is 0 Å². The molecule has 19 heavy (non-hydrogen) atoms. The first-order valence-electron chi connectivity index (χ1n) is 7.00. The number of hydrogen-bond acceptors (Lipinski definition) is 2. The van der Waals surface area contributed by atoms with Gasteiger partial charge in [0.05, 0.1) is 6.10 Å². The van der Waals surface area contributed by atoms with Crippen LogP contribution in [0.5, 0.6) is 0 Å². The number of rotatable bonds is 6. The molecule has 0 aliphatic carbocycles. The number of halogens is 2. The van der Waals surface area contributed by atoms with Gasteiger partial charge in [-0.3, -0.25) is 0 Å². The molecular weight excluding hydrogens is 309 g/mol. The van der Waals surface area contributed by atoms with E-state index >= 15 is 0 Å². The third-order valence-corrected chi connectivity index (χ3v) is 4.31. The van der Waals surface area contributed by atoms with Crippen molar-refractivity contribution in [3.63, 3.8) is 0 Å². The highest BCUT2D eigenvalue weighted by atomic mass is 79.9. The van der Waals surface area contributed by atoms with Crippen molar-refractivity contribution in [2.45, 2.75) is 44.8 Å². The molecule has 2 nitrogen and oxygen atoms in total. The monoisotopic (exact) mass is 329 g/mol. The van der Waals surface area contributed by atoms with Crippen LogP contribution in [0.4, 0.5) is 4.39 Å². The van der Waals surface area contributed by atoms with Crippen LogP contribution in [0.2, 0.25) is 0 Å². The third-order valence-electron chi connectivity index (χ3n) is 3.59. The summed E-state index contributed by atoms with van der Waals surface area (Å²) < 4.78 is 20.0. The van der Waals surface area contributed by atoms with Gasteiger partial charge < -0.3 is 10.1 Å². The average Bonchev–Trinajstić information content (AvgIpc) is 2.91. The summed E-state index contributed by atoms with van der Waals surface area (Å²) in [6.45, 7) is 3.84. The Morgan fingerprint density at radius 3 is 3.05 bits per heavy atom. The van der Waals surface area contributed by atoms with E-state index in [2.05, 4.69) is 28.2 Å². The van der Waals surface area contributed by atoms with Gasteiger partial charge in [0, 0.05) is 17.1 Å². The summed E-state index contributed by atoms with van der Waals surface area (Å²) in [6.07, 6.45) is 4.71. The van der Waals surface area contributed by atoms with Crippen LogP contribution in [0.1, 0.15) is 44.2 Å². The molecule has 1 aromatic carbocycles. The highest BCUT2D eigenvalue weighted by Crippen LogP contribution is 2.29. The van der Waals surface area contributed by atoms with Crippen LogP contribution in [0, 0.1) is 5.82 Å². The maximum absolute atomic E-state index is 13.4. The van der Waals surface area contributed by atoms with Gasteiger partial charge in [-0.1, -0.05) is 22.9 Å². The van der Waals surface area contributed by atoms with E-state index < -0.39 is 0 Å². The number of hydrogen-bond donors (Lipinski definition) is 1. The molecule has 2 rings (SSSR count). The molecule has 2 unspecified atom stereocenters. The lowest BCUT2D eigenvalue weighted by atomic mass is 9.99. The van der Waals surface area contributed by atoms with Gasteiger partial charge in [-0.2, -0.15) is 0 Å². The summed E-state index contributed by atoms with van der Waals surface area (Å²) in [5.74, 6) is -0.182. The van der Waals surface area contributed by atoms with E-state index in [9.17, 15) is 4.39 Å². The predicted molar refractivity (Wildman–Crippen MR) is 78.7 cm³/mol. The SMILES string of the molecule is CCNC(CCC1CCCO1)c1cc(F)ccc1Br. The highest BCUT2D eigenvalue weighted by molar-refractivity contribution is 9.10. The Bertz CT molecular complexity index is 407. The topological polar surface area (TPSA) is 21.3 Å². The van der Waals surface area contributed by atoms with Gasteiger partial charge in [-0.25, -0.2) is 4.39 Å². The fraction of sp³-hybridized carbons (Fsp3) is 0.600. The zero-order chi connectivity index (χ0) is 13.7. The second-order valence-electron chi connectivity index (χ2n) is 4.99. The fourth-order valence-electron chi connectivity index (χ4n) is 2.62. The second-order valence-corrected chi connectivity index (χ2v) is 5.84. The standard InChI is InChI=1S/C15H21BrFNO/c1-2-18-15(8-6-12-4-3-9-19-12)13-10-11(17)5-7-14(13)16/h5,7,10,12,15,18H,2-4,6,8-9H2,1H3. The lowest BCUT2D eigenvalue weighted by Crippen LogP contribution is -2.23. The number of benzene rings is 1. The third kappa shape index (κ3) is 4.26. The zero-order valence-electron chi connectivity index (χ0n) is 11.3. The average molecular weight is 330 g/mol. The van der Waals surface area contributed by atoms with E-state index in [-0.39, 0.29) is 11.9 Å². The Morgan fingerprint density at radius 1 is 1.53 bits per heavy atom. The predicted octanol–water partition coefficient (Wildman–Crippen LogP) is 4.20. The van der Waals surface area contributed by atoms with Crippen LogP contribution in [-0.2, 0) is 4.74 Å². The Hall–Kier alpha value is -0.450. The Balaban J connectivity index is 2.03. The molecule has 1 fully saturated rings. The molecule has 1 aliphatic heterocycles. The summed E-state index contributed by atoms with van der Waals surface area (Å²) in [5, 5.41) is 3.44. The van der Waals surface area contributed by atoms with Crippen molar-refractivity contribution in [1.82, 2.24) is 5.32 Å². The summed E-state index contributed by atoms with van der Waals surface area (Å²) in [5.41, 5.74) is 1.000. The van der Waals surface area contributed by atoms with Crippen molar-refractivity contribution >= 4 is 15.9 Å². The minimum absolute atomic E-state index is 0.180. The molecule has 1 N–H and O–H groups in total. The van der Waals surface area contributed by atoms with Crippen LogP contribution in [0.15, 0.2) is 22.7 Å². The number of nitrogens with one attached hydrogen (secondary N) is 1. The van der Waals surface area contributed by atoms with Crippen molar-refractivity contribution in [2.75, 3.05) is 13.2 Å². The Labute approximate surface area is 122 Å². The van der Waals surface area contributed by atoms with Crippen LogP contribution >= 0.6 is 15.9 Å². The molecule has 0 radical (unpaired) electrons. The first kappa shape index (κ1) is 14.9. The van der Waals surface area contributed by atoms with Gasteiger partial charge in [0.2, 0.25) is 0 Å². The largest absolute Gasteiger partial charge is 0.378 e. The second kappa shape index (κ2) is 7.36. The van der Waals surface area contributed by atoms with E-state index in [1.165, 1.54) is 12.5 Å². The van der Waals surface area contributed by atoms with Gasteiger partial charge in [0.15, 0.2) is 0 Å². The van der Waals surface area contributed by atoms with Crippen molar-refractivity contribution in [1.29, 1.82) is 0 Å². The molecule has 4 heteroatoms. The van der Waals surface area contributed by atoms with Crippen LogP contribution in [0.25, 0.3) is 0 Å². The summed E-state index contributed by atoms with van der Waals surface area (Å²) in [6, 6.07) is 5.06. The Kier molecular flexibility index (Phi) is 5.79. The first-order valence-corrected chi connectivity index (χ1v) is 7.80. The minimum Gasteiger partial charge on any atom is -0.378 e. The molecule has 0 spiro atoms. The molecule has 1 heterocycles. The Morgan fingerprint density at radius 2 is 2.37 bits per heavy atom. The van der Waals surface area contributed by atoms with E-state index in [0.29, 0.717) is 6.10 Å². The van der Waals surface area contributed by atoms with Crippen LogP contribution in [-0.4, -0.2) is 19.3 Å². The molecule has 0 aromatic heterocycles. The lowest BCUT2D eigenvalue weighted by Gasteiger charge is -2.21. The molecule has 1 aromatic rings. The van der Waals surface area contributed by atoms with Crippen molar-refractivity contribution in [3.8, 4) is 0 Å². The van der Waals surface area contributed by atoms with Crippen LogP contribution in [0.3, 0.4) is 0 Å². The molecule has 0 saturated carbocycles. The van der Waals surface area contributed by atoms with Gasteiger partial charge in [-0.15, -0.1) is 0 Å². The number of ether oxygens (including phenoxy) is 1. The summed E-state index contributed by atoms with van der Waals surface area (Å²) in [4.78, 5) is 0. The van der Waals surface area contributed by atoms with Crippen molar-refractivity contribution in [3.05, 3.63) is 34.1 Å². The molecule has 2 atom stereocenters. The van der Waals surface area contributed by atoms with Crippen molar-refractivity contribution < 1.29 is 9.13 Å². The van der Waals surface area contributed by atoms with Gasteiger partial charge in [0.1, 0.15) is 5.82 Å².